The molecule has 0 aliphatic carbocycles. The van der Waals surface area contributed by atoms with Crippen LogP contribution in [0.2, 0.25) is 0 Å². The number of aliphatic hydroxyl groups is 1. The third-order valence-electron chi connectivity index (χ3n) is 3.97. The SMILES string of the molecule is CCN1CCCC(O)(Cc2ccc(F)c(Br)c2)CC1. The van der Waals surface area contributed by atoms with Gasteiger partial charge in [-0.2, -0.15) is 0 Å². The van der Waals surface area contributed by atoms with E-state index in [0.717, 1.165) is 44.5 Å². The zero-order valence-electron chi connectivity index (χ0n) is 11.3. The normalized spacial score (nSPS) is 25.3. The lowest BCUT2D eigenvalue weighted by Gasteiger charge is -2.27. The molecule has 1 aliphatic rings. The number of hydrogen-bond acceptors (Lipinski definition) is 2. The van der Waals surface area contributed by atoms with Gasteiger partial charge in [0.25, 0.3) is 0 Å². The Balaban J connectivity index is 2.05. The van der Waals surface area contributed by atoms with Crippen molar-refractivity contribution in [1.82, 2.24) is 4.90 Å². The highest BCUT2D eigenvalue weighted by molar-refractivity contribution is 9.10. The summed E-state index contributed by atoms with van der Waals surface area (Å²) < 4.78 is 13.7. The molecule has 106 valence electrons. The lowest BCUT2D eigenvalue weighted by molar-refractivity contribution is 0.0258. The third-order valence-corrected chi connectivity index (χ3v) is 4.58. The topological polar surface area (TPSA) is 23.5 Å². The van der Waals surface area contributed by atoms with Crippen LogP contribution in [-0.4, -0.2) is 35.2 Å². The largest absolute Gasteiger partial charge is 0.389 e. The fraction of sp³-hybridized carbons (Fsp3) is 0.600. The fourth-order valence-electron chi connectivity index (χ4n) is 2.76. The van der Waals surface area contributed by atoms with Gasteiger partial charge in [0.05, 0.1) is 10.1 Å². The van der Waals surface area contributed by atoms with Gasteiger partial charge in [0.15, 0.2) is 0 Å². The van der Waals surface area contributed by atoms with E-state index in [2.05, 4.69) is 27.8 Å². The van der Waals surface area contributed by atoms with E-state index in [-0.39, 0.29) is 5.82 Å². The number of hydrogen-bond donors (Lipinski definition) is 1. The van der Waals surface area contributed by atoms with Crippen LogP contribution in [0.4, 0.5) is 4.39 Å². The molecule has 4 heteroatoms. The Bertz CT molecular complexity index is 440. The first-order chi connectivity index (χ1) is 9.02. The first-order valence-electron chi connectivity index (χ1n) is 6.91. The third kappa shape index (κ3) is 4.01. The molecule has 2 nitrogen and oxygen atoms in total. The smallest absolute Gasteiger partial charge is 0.137 e. The quantitative estimate of drug-likeness (QED) is 0.919. The van der Waals surface area contributed by atoms with Crippen molar-refractivity contribution >= 4 is 15.9 Å². The van der Waals surface area contributed by atoms with E-state index >= 15 is 0 Å². The Labute approximate surface area is 122 Å². The average Bonchev–Trinajstić information content (AvgIpc) is 2.56. The predicted octanol–water partition coefficient (Wildman–Crippen LogP) is 3.37. The molecule has 0 spiro atoms. The van der Waals surface area contributed by atoms with E-state index < -0.39 is 5.60 Å². The number of halogens is 2. The van der Waals surface area contributed by atoms with Crippen LogP contribution in [-0.2, 0) is 6.42 Å². The van der Waals surface area contributed by atoms with Gasteiger partial charge in [-0.15, -0.1) is 0 Å². The Hall–Kier alpha value is -0.450. The molecule has 1 unspecified atom stereocenters. The summed E-state index contributed by atoms with van der Waals surface area (Å²) in [6, 6.07) is 4.99. The molecule has 0 amide bonds. The second kappa shape index (κ2) is 6.33. The summed E-state index contributed by atoms with van der Waals surface area (Å²) in [5, 5.41) is 10.7. The van der Waals surface area contributed by atoms with Crippen molar-refractivity contribution in [3.63, 3.8) is 0 Å². The monoisotopic (exact) mass is 329 g/mol. The molecule has 0 bridgehead atoms. The van der Waals surface area contributed by atoms with Gasteiger partial charge < -0.3 is 10.0 Å². The second-order valence-corrected chi connectivity index (χ2v) is 6.29. The minimum atomic E-state index is -0.652. The minimum Gasteiger partial charge on any atom is -0.389 e. The van der Waals surface area contributed by atoms with Crippen molar-refractivity contribution in [2.75, 3.05) is 19.6 Å². The van der Waals surface area contributed by atoms with E-state index in [4.69, 9.17) is 0 Å². The van der Waals surface area contributed by atoms with Gasteiger partial charge in [0.1, 0.15) is 5.82 Å². The second-order valence-electron chi connectivity index (χ2n) is 5.44. The van der Waals surface area contributed by atoms with Crippen molar-refractivity contribution in [3.05, 3.63) is 34.1 Å². The van der Waals surface area contributed by atoms with Crippen molar-refractivity contribution in [2.45, 2.75) is 38.2 Å². The molecule has 19 heavy (non-hydrogen) atoms. The number of likely N-dealkylation sites (tertiary alicyclic amines) is 1. The van der Waals surface area contributed by atoms with E-state index in [9.17, 15) is 9.50 Å². The van der Waals surface area contributed by atoms with Crippen molar-refractivity contribution in [2.24, 2.45) is 0 Å². The molecule has 1 fully saturated rings. The Morgan fingerprint density at radius 1 is 1.37 bits per heavy atom. The van der Waals surface area contributed by atoms with Crippen LogP contribution in [0.5, 0.6) is 0 Å². The first-order valence-corrected chi connectivity index (χ1v) is 7.70. The summed E-state index contributed by atoms with van der Waals surface area (Å²) in [6.07, 6.45) is 3.23. The summed E-state index contributed by atoms with van der Waals surface area (Å²) in [6.45, 7) is 5.20. The maximum Gasteiger partial charge on any atom is 0.137 e. The predicted molar refractivity (Wildman–Crippen MR) is 78.7 cm³/mol. The molecule has 0 aromatic heterocycles. The molecular weight excluding hydrogens is 309 g/mol. The molecule has 1 N–H and O–H groups in total. The van der Waals surface area contributed by atoms with Crippen molar-refractivity contribution < 1.29 is 9.50 Å². The Morgan fingerprint density at radius 2 is 2.16 bits per heavy atom. The maximum atomic E-state index is 13.2. The molecular formula is C15H21BrFNO. The molecule has 1 heterocycles. The molecule has 1 saturated heterocycles. The van der Waals surface area contributed by atoms with Crippen molar-refractivity contribution in [1.29, 1.82) is 0 Å². The average molecular weight is 330 g/mol. The number of rotatable bonds is 3. The lowest BCUT2D eigenvalue weighted by atomic mass is 9.88. The van der Waals surface area contributed by atoms with Crippen LogP contribution in [0.25, 0.3) is 0 Å². The molecule has 2 rings (SSSR count). The van der Waals surface area contributed by atoms with E-state index in [1.807, 2.05) is 0 Å². The van der Waals surface area contributed by atoms with Crippen molar-refractivity contribution in [3.8, 4) is 0 Å². The van der Waals surface area contributed by atoms with Crippen LogP contribution in [0.3, 0.4) is 0 Å². The van der Waals surface area contributed by atoms with Gasteiger partial charge in [0, 0.05) is 13.0 Å². The summed E-state index contributed by atoms with van der Waals surface area (Å²) in [5.74, 6) is -0.256. The highest BCUT2D eigenvalue weighted by Crippen LogP contribution is 2.28. The van der Waals surface area contributed by atoms with Gasteiger partial charge in [-0.05, 0) is 66.0 Å². The summed E-state index contributed by atoms with van der Waals surface area (Å²) in [4.78, 5) is 2.37. The van der Waals surface area contributed by atoms with E-state index in [1.165, 1.54) is 6.07 Å². The van der Waals surface area contributed by atoms with Gasteiger partial charge in [0.2, 0.25) is 0 Å². The molecule has 1 aliphatic heterocycles. The standard InChI is InChI=1S/C15H21BrFNO/c1-2-18-8-3-6-15(19,7-9-18)11-12-4-5-14(17)13(16)10-12/h4-5,10,19H,2-3,6-9,11H2,1H3. The zero-order chi connectivity index (χ0) is 13.9. The van der Waals surface area contributed by atoms with Gasteiger partial charge in [-0.1, -0.05) is 13.0 Å². The maximum absolute atomic E-state index is 13.2. The Morgan fingerprint density at radius 3 is 2.84 bits per heavy atom. The zero-order valence-corrected chi connectivity index (χ0v) is 12.9. The molecule has 1 aromatic rings. The fourth-order valence-corrected chi connectivity index (χ4v) is 3.18. The van der Waals surface area contributed by atoms with Crippen LogP contribution in [0, 0.1) is 5.82 Å². The number of nitrogens with zero attached hydrogens (tertiary/aromatic N) is 1. The van der Waals surface area contributed by atoms with Gasteiger partial charge in [-0.25, -0.2) is 4.39 Å². The summed E-state index contributed by atoms with van der Waals surface area (Å²) >= 11 is 3.20. The first kappa shape index (κ1) is 14.9. The van der Waals surface area contributed by atoms with Crippen LogP contribution in [0.1, 0.15) is 31.7 Å². The van der Waals surface area contributed by atoms with Gasteiger partial charge >= 0.3 is 0 Å². The minimum absolute atomic E-state index is 0.256. The van der Waals surface area contributed by atoms with E-state index in [0.29, 0.717) is 10.9 Å². The molecule has 1 atom stereocenters. The molecule has 0 radical (unpaired) electrons. The van der Waals surface area contributed by atoms with Crippen LogP contribution >= 0.6 is 15.9 Å². The number of benzene rings is 1. The lowest BCUT2D eigenvalue weighted by Crippen LogP contribution is -2.33. The van der Waals surface area contributed by atoms with Crippen LogP contribution < -0.4 is 0 Å². The molecule has 0 saturated carbocycles. The van der Waals surface area contributed by atoms with Gasteiger partial charge in [-0.3, -0.25) is 0 Å². The summed E-state index contributed by atoms with van der Waals surface area (Å²) in [7, 11) is 0. The highest BCUT2D eigenvalue weighted by Gasteiger charge is 2.30. The van der Waals surface area contributed by atoms with Crippen LogP contribution in [0.15, 0.2) is 22.7 Å². The molecule has 1 aromatic carbocycles. The summed E-state index contributed by atoms with van der Waals surface area (Å²) in [5.41, 5.74) is 0.335. The van der Waals surface area contributed by atoms with E-state index in [1.54, 1.807) is 12.1 Å². The Kier molecular flexibility index (Phi) is 4.98. The highest BCUT2D eigenvalue weighted by atomic mass is 79.9.